The zero-order valence-corrected chi connectivity index (χ0v) is 11.5. The van der Waals surface area contributed by atoms with Gasteiger partial charge in [-0.15, -0.1) is 0 Å². The maximum Gasteiger partial charge on any atom is 0.0858 e. The molecule has 3 aromatic rings. The number of benzene rings is 3. The summed E-state index contributed by atoms with van der Waals surface area (Å²) in [6.45, 7) is 0. The van der Waals surface area contributed by atoms with Crippen molar-refractivity contribution in [3.63, 3.8) is 0 Å². The van der Waals surface area contributed by atoms with Crippen LogP contribution in [0.15, 0.2) is 95.2 Å². The molecule has 1 N–H and O–H groups in total. The van der Waals surface area contributed by atoms with Crippen LogP contribution in [0.2, 0.25) is 0 Å². The van der Waals surface area contributed by atoms with Gasteiger partial charge in [-0.2, -0.15) is 10.2 Å². The van der Waals surface area contributed by atoms with Crippen molar-refractivity contribution in [1.82, 2.24) is 0 Å². The summed E-state index contributed by atoms with van der Waals surface area (Å²) in [4.78, 5) is 0. The Labute approximate surface area is 124 Å². The summed E-state index contributed by atoms with van der Waals surface area (Å²) in [5.74, 6) is 0. The first-order valence-corrected chi connectivity index (χ1v) is 6.79. The molecule has 0 aliphatic carbocycles. The lowest BCUT2D eigenvalue weighted by atomic mass is 10.2. The molecule has 102 valence electrons. The van der Waals surface area contributed by atoms with E-state index in [0.717, 1.165) is 22.7 Å². The third-order valence-electron chi connectivity index (χ3n) is 2.97. The monoisotopic (exact) mass is 273 g/mol. The molecule has 3 aromatic carbocycles. The Morgan fingerprint density at radius 3 is 1.57 bits per heavy atom. The van der Waals surface area contributed by atoms with Gasteiger partial charge in [0.05, 0.1) is 11.4 Å². The van der Waals surface area contributed by atoms with Crippen LogP contribution in [0.3, 0.4) is 0 Å². The van der Waals surface area contributed by atoms with Crippen LogP contribution >= 0.6 is 0 Å². The summed E-state index contributed by atoms with van der Waals surface area (Å²) in [6.07, 6.45) is 0. The molecule has 3 heteroatoms. The van der Waals surface area contributed by atoms with Gasteiger partial charge in [0.15, 0.2) is 0 Å². The minimum Gasteiger partial charge on any atom is -0.356 e. The van der Waals surface area contributed by atoms with E-state index in [0.29, 0.717) is 0 Å². The van der Waals surface area contributed by atoms with Gasteiger partial charge in [-0.1, -0.05) is 36.4 Å². The molecule has 0 aliphatic heterocycles. The number of anilines is 2. The van der Waals surface area contributed by atoms with Crippen molar-refractivity contribution in [1.29, 1.82) is 0 Å². The van der Waals surface area contributed by atoms with Gasteiger partial charge < -0.3 is 5.32 Å². The van der Waals surface area contributed by atoms with Crippen molar-refractivity contribution >= 4 is 22.7 Å². The molecule has 0 saturated carbocycles. The molecule has 0 fully saturated rings. The Kier molecular flexibility index (Phi) is 4.03. The number of hydrogen-bond donors (Lipinski definition) is 1. The fourth-order valence-electron chi connectivity index (χ4n) is 1.91. The third kappa shape index (κ3) is 3.76. The van der Waals surface area contributed by atoms with Crippen LogP contribution < -0.4 is 5.32 Å². The molecular formula is C18H15N3. The molecule has 21 heavy (non-hydrogen) atoms. The zero-order chi connectivity index (χ0) is 14.3. The molecule has 0 unspecified atom stereocenters. The van der Waals surface area contributed by atoms with E-state index >= 15 is 0 Å². The fraction of sp³-hybridized carbons (Fsp3) is 0. The van der Waals surface area contributed by atoms with Crippen LogP contribution in [0, 0.1) is 0 Å². The van der Waals surface area contributed by atoms with E-state index < -0.39 is 0 Å². The Morgan fingerprint density at radius 1 is 0.476 bits per heavy atom. The van der Waals surface area contributed by atoms with Crippen molar-refractivity contribution in [2.24, 2.45) is 10.2 Å². The molecule has 3 rings (SSSR count). The first kappa shape index (κ1) is 13.1. The molecule has 0 radical (unpaired) electrons. The molecule has 0 atom stereocenters. The third-order valence-corrected chi connectivity index (χ3v) is 2.97. The second-order valence-corrected chi connectivity index (χ2v) is 4.57. The van der Waals surface area contributed by atoms with Gasteiger partial charge in [0.1, 0.15) is 0 Å². The highest BCUT2D eigenvalue weighted by Crippen LogP contribution is 2.22. The topological polar surface area (TPSA) is 36.8 Å². The van der Waals surface area contributed by atoms with Gasteiger partial charge in [-0.3, -0.25) is 0 Å². The van der Waals surface area contributed by atoms with Gasteiger partial charge in [-0.05, 0) is 48.5 Å². The maximum absolute atomic E-state index is 4.22. The van der Waals surface area contributed by atoms with Crippen LogP contribution in [0.5, 0.6) is 0 Å². The van der Waals surface area contributed by atoms with Crippen molar-refractivity contribution in [2.75, 3.05) is 5.32 Å². The molecule has 0 spiro atoms. The normalized spacial score (nSPS) is 10.7. The van der Waals surface area contributed by atoms with Gasteiger partial charge in [-0.25, -0.2) is 0 Å². The highest BCUT2D eigenvalue weighted by Gasteiger charge is 1.95. The van der Waals surface area contributed by atoms with Crippen LogP contribution in [-0.2, 0) is 0 Å². The average molecular weight is 273 g/mol. The lowest BCUT2D eigenvalue weighted by Crippen LogP contribution is -1.88. The number of para-hydroxylation sites is 1. The SMILES string of the molecule is c1ccc(N=Nc2ccc(Nc3ccccc3)cc2)cc1. The van der Waals surface area contributed by atoms with E-state index in [9.17, 15) is 0 Å². The fourth-order valence-corrected chi connectivity index (χ4v) is 1.91. The highest BCUT2D eigenvalue weighted by atomic mass is 15.1. The second-order valence-electron chi connectivity index (χ2n) is 4.57. The van der Waals surface area contributed by atoms with Crippen molar-refractivity contribution in [3.05, 3.63) is 84.9 Å². The highest BCUT2D eigenvalue weighted by molar-refractivity contribution is 5.61. The summed E-state index contributed by atoms with van der Waals surface area (Å²) in [7, 11) is 0. The summed E-state index contributed by atoms with van der Waals surface area (Å²) >= 11 is 0. The zero-order valence-electron chi connectivity index (χ0n) is 11.5. The van der Waals surface area contributed by atoms with Crippen molar-refractivity contribution < 1.29 is 0 Å². The van der Waals surface area contributed by atoms with Gasteiger partial charge in [0, 0.05) is 11.4 Å². The van der Waals surface area contributed by atoms with Crippen molar-refractivity contribution in [2.45, 2.75) is 0 Å². The Hall–Kier alpha value is -2.94. The quantitative estimate of drug-likeness (QED) is 0.595. The first-order valence-electron chi connectivity index (χ1n) is 6.79. The molecule has 0 heterocycles. The largest absolute Gasteiger partial charge is 0.356 e. The van der Waals surface area contributed by atoms with Gasteiger partial charge in [0.25, 0.3) is 0 Å². The van der Waals surface area contributed by atoms with Gasteiger partial charge >= 0.3 is 0 Å². The second kappa shape index (κ2) is 6.48. The lowest BCUT2D eigenvalue weighted by molar-refractivity contribution is 1.23. The molecular weight excluding hydrogens is 258 g/mol. The average Bonchev–Trinajstić information content (AvgIpc) is 2.56. The number of nitrogens with one attached hydrogen (secondary N) is 1. The number of rotatable bonds is 4. The smallest absolute Gasteiger partial charge is 0.0858 e. The van der Waals surface area contributed by atoms with E-state index in [4.69, 9.17) is 0 Å². The summed E-state index contributed by atoms with van der Waals surface area (Å²) in [5.41, 5.74) is 3.78. The van der Waals surface area contributed by atoms with Gasteiger partial charge in [0.2, 0.25) is 0 Å². The van der Waals surface area contributed by atoms with Crippen LogP contribution in [-0.4, -0.2) is 0 Å². The van der Waals surface area contributed by atoms with E-state index in [1.165, 1.54) is 0 Å². The van der Waals surface area contributed by atoms with E-state index in [1.807, 2.05) is 84.9 Å². The Morgan fingerprint density at radius 2 is 0.952 bits per heavy atom. The van der Waals surface area contributed by atoms with Crippen LogP contribution in [0.1, 0.15) is 0 Å². The molecule has 3 nitrogen and oxygen atoms in total. The molecule has 0 saturated heterocycles. The van der Waals surface area contributed by atoms with E-state index in [-0.39, 0.29) is 0 Å². The molecule has 0 bridgehead atoms. The summed E-state index contributed by atoms with van der Waals surface area (Å²) in [5, 5.41) is 11.7. The van der Waals surface area contributed by atoms with E-state index in [1.54, 1.807) is 0 Å². The molecule has 0 aliphatic rings. The summed E-state index contributed by atoms with van der Waals surface area (Å²) < 4.78 is 0. The Bertz CT molecular complexity index is 704. The van der Waals surface area contributed by atoms with E-state index in [2.05, 4.69) is 15.5 Å². The minimum absolute atomic E-state index is 0.831. The number of azo groups is 1. The maximum atomic E-state index is 4.22. The predicted octanol–water partition coefficient (Wildman–Crippen LogP) is 5.85. The predicted molar refractivity (Wildman–Crippen MR) is 86.8 cm³/mol. The van der Waals surface area contributed by atoms with Crippen molar-refractivity contribution in [3.8, 4) is 0 Å². The Balaban J connectivity index is 1.68. The summed E-state index contributed by atoms with van der Waals surface area (Å²) in [6, 6.07) is 27.6. The standard InChI is InChI=1S/C18H15N3/c1-3-7-15(8-4-1)19-16-11-13-18(14-12-16)21-20-17-9-5-2-6-10-17/h1-14,19H. The van der Waals surface area contributed by atoms with Crippen LogP contribution in [0.4, 0.5) is 22.7 Å². The minimum atomic E-state index is 0.831. The first-order chi connectivity index (χ1) is 10.4. The molecule has 0 amide bonds. The lowest BCUT2D eigenvalue weighted by Gasteiger charge is -2.05. The van der Waals surface area contributed by atoms with Crippen LogP contribution in [0.25, 0.3) is 0 Å². The number of nitrogens with zero attached hydrogens (tertiary/aromatic N) is 2. The molecule has 0 aromatic heterocycles. The number of hydrogen-bond acceptors (Lipinski definition) is 3.